The van der Waals surface area contributed by atoms with E-state index >= 15 is 0 Å². The fraction of sp³-hybridized carbons (Fsp3) is 0.278. The fourth-order valence-corrected chi connectivity index (χ4v) is 3.06. The van der Waals surface area contributed by atoms with Gasteiger partial charge in [0, 0.05) is 23.8 Å². The van der Waals surface area contributed by atoms with Gasteiger partial charge in [-0.15, -0.1) is 0 Å². The van der Waals surface area contributed by atoms with Crippen molar-refractivity contribution in [3.05, 3.63) is 64.7 Å². The van der Waals surface area contributed by atoms with E-state index in [1.807, 2.05) is 48.5 Å². The molecule has 0 amide bonds. The molecule has 0 aliphatic carbocycles. The third-order valence-electron chi connectivity index (χ3n) is 4.33. The van der Waals surface area contributed by atoms with Crippen molar-refractivity contribution in [3.8, 4) is 6.07 Å². The van der Waals surface area contributed by atoms with E-state index in [1.54, 1.807) is 0 Å². The van der Waals surface area contributed by atoms with E-state index in [2.05, 4.69) is 11.0 Å². The Morgan fingerprint density at radius 3 is 2.14 bits per heavy atom. The Bertz CT molecular complexity index is 681. The van der Waals surface area contributed by atoms with Gasteiger partial charge in [-0.2, -0.15) is 5.26 Å². The molecule has 0 aromatic heterocycles. The number of piperidine rings is 1. The van der Waals surface area contributed by atoms with Crippen LogP contribution in [0.5, 0.6) is 0 Å². The lowest BCUT2D eigenvalue weighted by Crippen LogP contribution is -2.42. The SMILES string of the molecule is N#Cc1ccc(N2CCC(O)(c3ccc(Cl)cc3)CC2)cc1. The largest absolute Gasteiger partial charge is 0.385 e. The van der Waals surface area contributed by atoms with Gasteiger partial charge in [-0.25, -0.2) is 0 Å². The quantitative estimate of drug-likeness (QED) is 0.919. The van der Waals surface area contributed by atoms with Crippen LogP contribution in [0.4, 0.5) is 5.69 Å². The zero-order chi connectivity index (χ0) is 15.6. The molecule has 0 unspecified atom stereocenters. The number of hydrogen-bond donors (Lipinski definition) is 1. The maximum Gasteiger partial charge on any atom is 0.0991 e. The van der Waals surface area contributed by atoms with Gasteiger partial charge in [0.1, 0.15) is 0 Å². The second-order valence-electron chi connectivity index (χ2n) is 5.68. The van der Waals surface area contributed by atoms with E-state index in [9.17, 15) is 5.11 Å². The van der Waals surface area contributed by atoms with Crippen molar-refractivity contribution in [2.24, 2.45) is 0 Å². The van der Waals surface area contributed by atoms with Crippen molar-refractivity contribution in [3.63, 3.8) is 0 Å². The third-order valence-corrected chi connectivity index (χ3v) is 4.59. The maximum absolute atomic E-state index is 10.9. The average Bonchev–Trinajstić information content (AvgIpc) is 2.56. The van der Waals surface area contributed by atoms with E-state index in [0.717, 1.165) is 24.3 Å². The van der Waals surface area contributed by atoms with Crippen molar-refractivity contribution >= 4 is 17.3 Å². The van der Waals surface area contributed by atoms with Gasteiger partial charge in [0.15, 0.2) is 0 Å². The summed E-state index contributed by atoms with van der Waals surface area (Å²) < 4.78 is 0. The molecule has 0 saturated carbocycles. The summed E-state index contributed by atoms with van der Waals surface area (Å²) in [6.07, 6.45) is 1.35. The first-order valence-corrected chi connectivity index (χ1v) is 7.72. The van der Waals surface area contributed by atoms with E-state index in [1.165, 1.54) is 0 Å². The van der Waals surface area contributed by atoms with Crippen molar-refractivity contribution in [1.82, 2.24) is 0 Å². The maximum atomic E-state index is 10.9. The van der Waals surface area contributed by atoms with Crippen molar-refractivity contribution in [2.75, 3.05) is 18.0 Å². The fourth-order valence-electron chi connectivity index (χ4n) is 2.93. The Kier molecular flexibility index (Phi) is 4.06. The summed E-state index contributed by atoms with van der Waals surface area (Å²) in [5.74, 6) is 0. The molecule has 1 saturated heterocycles. The minimum Gasteiger partial charge on any atom is -0.385 e. The zero-order valence-electron chi connectivity index (χ0n) is 12.2. The molecule has 1 aliphatic heterocycles. The summed E-state index contributed by atoms with van der Waals surface area (Å²) in [4.78, 5) is 2.24. The Labute approximate surface area is 135 Å². The van der Waals surface area contributed by atoms with Crippen LogP contribution in [0.3, 0.4) is 0 Å². The van der Waals surface area contributed by atoms with E-state index in [4.69, 9.17) is 16.9 Å². The standard InChI is InChI=1S/C18H17ClN2O/c19-16-5-3-15(4-6-16)18(22)9-11-21(12-10-18)17-7-1-14(13-20)2-8-17/h1-8,22H,9-12H2. The van der Waals surface area contributed by atoms with Crippen LogP contribution in [0.25, 0.3) is 0 Å². The molecule has 3 rings (SSSR count). The summed E-state index contributed by atoms with van der Waals surface area (Å²) in [7, 11) is 0. The molecule has 0 atom stereocenters. The van der Waals surface area contributed by atoms with Crippen LogP contribution < -0.4 is 4.90 Å². The van der Waals surface area contributed by atoms with Crippen LogP contribution in [0.15, 0.2) is 48.5 Å². The second kappa shape index (κ2) is 6.00. The lowest BCUT2D eigenvalue weighted by atomic mass is 9.84. The highest BCUT2D eigenvalue weighted by Crippen LogP contribution is 2.34. The predicted molar refractivity (Wildman–Crippen MR) is 88.0 cm³/mol. The third kappa shape index (κ3) is 2.94. The van der Waals surface area contributed by atoms with E-state index in [0.29, 0.717) is 23.4 Å². The Morgan fingerprint density at radius 2 is 1.59 bits per heavy atom. The molecule has 1 heterocycles. The zero-order valence-corrected chi connectivity index (χ0v) is 12.9. The van der Waals surface area contributed by atoms with E-state index < -0.39 is 5.60 Å². The van der Waals surface area contributed by atoms with Gasteiger partial charge in [-0.05, 0) is 54.8 Å². The highest BCUT2D eigenvalue weighted by Gasteiger charge is 2.33. The number of halogens is 1. The van der Waals surface area contributed by atoms with E-state index in [-0.39, 0.29) is 0 Å². The Hall–Kier alpha value is -2.02. The molecule has 1 N–H and O–H groups in total. The minimum atomic E-state index is -0.784. The van der Waals surface area contributed by atoms with Crippen LogP contribution in [-0.4, -0.2) is 18.2 Å². The summed E-state index contributed by atoms with van der Waals surface area (Å²) in [5.41, 5.74) is 1.90. The number of aliphatic hydroxyl groups is 1. The van der Waals surface area contributed by atoms with Crippen LogP contribution in [0, 0.1) is 11.3 Å². The molecule has 22 heavy (non-hydrogen) atoms. The molecule has 2 aromatic rings. The first-order chi connectivity index (χ1) is 10.6. The van der Waals surface area contributed by atoms with Crippen molar-refractivity contribution in [2.45, 2.75) is 18.4 Å². The molecular formula is C18H17ClN2O. The molecule has 112 valence electrons. The number of benzene rings is 2. The van der Waals surface area contributed by atoms with Gasteiger partial charge in [-0.1, -0.05) is 23.7 Å². The first kappa shape index (κ1) is 14.9. The predicted octanol–water partition coefficient (Wildman–Crippen LogP) is 3.70. The normalized spacial score (nSPS) is 17.0. The number of anilines is 1. The molecule has 2 aromatic carbocycles. The molecule has 3 nitrogen and oxygen atoms in total. The van der Waals surface area contributed by atoms with Gasteiger partial charge in [0.25, 0.3) is 0 Å². The highest BCUT2D eigenvalue weighted by atomic mass is 35.5. The van der Waals surface area contributed by atoms with Crippen LogP contribution in [-0.2, 0) is 5.60 Å². The minimum absolute atomic E-state index is 0.665. The first-order valence-electron chi connectivity index (χ1n) is 7.34. The number of nitriles is 1. The molecule has 0 radical (unpaired) electrons. The average molecular weight is 313 g/mol. The Morgan fingerprint density at radius 1 is 1.00 bits per heavy atom. The monoisotopic (exact) mass is 312 g/mol. The molecule has 1 fully saturated rings. The van der Waals surface area contributed by atoms with Gasteiger partial charge >= 0.3 is 0 Å². The molecule has 0 spiro atoms. The summed E-state index contributed by atoms with van der Waals surface area (Å²) in [6.45, 7) is 1.57. The topological polar surface area (TPSA) is 47.3 Å². The lowest BCUT2D eigenvalue weighted by Gasteiger charge is -2.39. The summed E-state index contributed by atoms with van der Waals surface area (Å²) in [6, 6.07) is 17.2. The molecular weight excluding hydrogens is 296 g/mol. The number of nitrogens with zero attached hydrogens (tertiary/aromatic N) is 2. The van der Waals surface area contributed by atoms with Crippen molar-refractivity contribution < 1.29 is 5.11 Å². The van der Waals surface area contributed by atoms with Gasteiger partial charge in [0.05, 0.1) is 17.2 Å². The summed E-state index contributed by atoms with van der Waals surface area (Å²) in [5, 5.41) is 20.4. The lowest BCUT2D eigenvalue weighted by molar-refractivity contribution is 0.0118. The van der Waals surface area contributed by atoms with Crippen LogP contribution >= 0.6 is 11.6 Å². The molecule has 0 bridgehead atoms. The molecule has 1 aliphatic rings. The summed E-state index contributed by atoms with van der Waals surface area (Å²) >= 11 is 5.91. The Balaban J connectivity index is 1.71. The number of hydrogen-bond acceptors (Lipinski definition) is 3. The van der Waals surface area contributed by atoms with Crippen LogP contribution in [0.1, 0.15) is 24.0 Å². The van der Waals surface area contributed by atoms with Crippen molar-refractivity contribution in [1.29, 1.82) is 5.26 Å². The molecule has 4 heteroatoms. The van der Waals surface area contributed by atoms with Crippen LogP contribution in [0.2, 0.25) is 5.02 Å². The second-order valence-corrected chi connectivity index (χ2v) is 6.12. The number of rotatable bonds is 2. The van der Waals surface area contributed by atoms with Gasteiger partial charge < -0.3 is 10.0 Å². The smallest absolute Gasteiger partial charge is 0.0991 e. The van der Waals surface area contributed by atoms with Gasteiger partial charge in [0.2, 0.25) is 0 Å². The highest BCUT2D eigenvalue weighted by molar-refractivity contribution is 6.30. The van der Waals surface area contributed by atoms with Gasteiger partial charge in [-0.3, -0.25) is 0 Å².